The molecule has 1 atom stereocenters. The average Bonchev–Trinajstić information content (AvgIpc) is 2.38. The minimum atomic E-state index is 0.137. The quantitative estimate of drug-likeness (QED) is 0.740. The first-order chi connectivity index (χ1) is 8.02. The van der Waals surface area contributed by atoms with Crippen molar-refractivity contribution >= 4 is 5.91 Å². The lowest BCUT2D eigenvalue weighted by Crippen LogP contribution is -2.44. The van der Waals surface area contributed by atoms with Crippen LogP contribution in [0.25, 0.3) is 0 Å². The van der Waals surface area contributed by atoms with Gasteiger partial charge in [-0.2, -0.15) is 0 Å². The van der Waals surface area contributed by atoms with Gasteiger partial charge >= 0.3 is 0 Å². The highest BCUT2D eigenvalue weighted by molar-refractivity contribution is 5.78. The van der Waals surface area contributed by atoms with Crippen molar-refractivity contribution in [2.45, 2.75) is 47.0 Å². The standard InChI is InChI=1S/C14H27NO2/c1-5-14(4,6-2)11-12(3)13(16)15-7-9-17-10-8-15/h12H,5-11H2,1-4H3. The second-order valence-electron chi connectivity index (χ2n) is 5.56. The van der Waals surface area contributed by atoms with Crippen LogP contribution in [-0.4, -0.2) is 37.1 Å². The van der Waals surface area contributed by atoms with Crippen LogP contribution < -0.4 is 0 Å². The summed E-state index contributed by atoms with van der Waals surface area (Å²) < 4.78 is 5.28. The highest BCUT2D eigenvalue weighted by Crippen LogP contribution is 2.33. The van der Waals surface area contributed by atoms with Crippen LogP contribution in [0.15, 0.2) is 0 Å². The van der Waals surface area contributed by atoms with Crippen LogP contribution >= 0.6 is 0 Å². The second-order valence-corrected chi connectivity index (χ2v) is 5.56. The fourth-order valence-electron chi connectivity index (χ4n) is 2.46. The van der Waals surface area contributed by atoms with Crippen LogP contribution in [0.5, 0.6) is 0 Å². The van der Waals surface area contributed by atoms with E-state index in [-0.39, 0.29) is 5.92 Å². The molecule has 100 valence electrons. The predicted octanol–water partition coefficient (Wildman–Crippen LogP) is 2.70. The molecule has 0 saturated carbocycles. The van der Waals surface area contributed by atoms with E-state index in [4.69, 9.17) is 4.74 Å². The summed E-state index contributed by atoms with van der Waals surface area (Å²) in [5, 5.41) is 0. The van der Waals surface area contributed by atoms with Gasteiger partial charge in [-0.3, -0.25) is 4.79 Å². The molecule has 3 heteroatoms. The number of ether oxygens (including phenoxy) is 1. The van der Waals surface area contributed by atoms with E-state index < -0.39 is 0 Å². The Morgan fingerprint density at radius 3 is 2.29 bits per heavy atom. The zero-order valence-electron chi connectivity index (χ0n) is 11.8. The predicted molar refractivity (Wildman–Crippen MR) is 69.9 cm³/mol. The van der Waals surface area contributed by atoms with E-state index in [1.807, 2.05) is 4.90 Å². The maximum atomic E-state index is 12.3. The van der Waals surface area contributed by atoms with E-state index in [9.17, 15) is 4.79 Å². The molecule has 1 heterocycles. The van der Waals surface area contributed by atoms with Gasteiger partial charge in [0.1, 0.15) is 0 Å². The zero-order chi connectivity index (χ0) is 12.9. The number of rotatable bonds is 5. The normalized spacial score (nSPS) is 19.2. The number of morpholine rings is 1. The summed E-state index contributed by atoms with van der Waals surface area (Å²) in [6, 6.07) is 0. The van der Waals surface area contributed by atoms with E-state index in [1.54, 1.807) is 0 Å². The number of hydrogen-bond donors (Lipinski definition) is 0. The third-order valence-electron chi connectivity index (χ3n) is 4.25. The molecule has 0 aliphatic carbocycles. The summed E-state index contributed by atoms with van der Waals surface area (Å²) in [4.78, 5) is 14.2. The molecule has 0 radical (unpaired) electrons. The third kappa shape index (κ3) is 3.98. The Hall–Kier alpha value is -0.570. The number of amides is 1. The van der Waals surface area contributed by atoms with Gasteiger partial charge in [-0.05, 0) is 11.8 Å². The summed E-state index contributed by atoms with van der Waals surface area (Å²) in [6.45, 7) is 11.7. The van der Waals surface area contributed by atoms with Crippen molar-refractivity contribution in [3.05, 3.63) is 0 Å². The average molecular weight is 241 g/mol. The summed E-state index contributed by atoms with van der Waals surface area (Å²) in [7, 11) is 0. The number of carbonyl (C=O) groups is 1. The van der Waals surface area contributed by atoms with Crippen LogP contribution in [-0.2, 0) is 9.53 Å². The van der Waals surface area contributed by atoms with Crippen LogP contribution in [0.3, 0.4) is 0 Å². The fourth-order valence-corrected chi connectivity index (χ4v) is 2.46. The molecule has 3 nitrogen and oxygen atoms in total. The van der Waals surface area contributed by atoms with Gasteiger partial charge in [0.05, 0.1) is 13.2 Å². The fraction of sp³-hybridized carbons (Fsp3) is 0.929. The molecule has 1 rings (SSSR count). The first-order valence-electron chi connectivity index (χ1n) is 6.89. The second kappa shape index (κ2) is 6.39. The molecular weight excluding hydrogens is 214 g/mol. The Labute approximate surface area is 106 Å². The lowest BCUT2D eigenvalue weighted by Gasteiger charge is -2.33. The van der Waals surface area contributed by atoms with Crippen molar-refractivity contribution in [2.75, 3.05) is 26.3 Å². The number of carbonyl (C=O) groups excluding carboxylic acids is 1. The summed E-state index contributed by atoms with van der Waals surface area (Å²) in [5.41, 5.74) is 0.307. The van der Waals surface area contributed by atoms with Crippen molar-refractivity contribution in [2.24, 2.45) is 11.3 Å². The van der Waals surface area contributed by atoms with Crippen LogP contribution in [0.4, 0.5) is 0 Å². The Bertz CT molecular complexity index is 243. The minimum Gasteiger partial charge on any atom is -0.378 e. The first kappa shape index (κ1) is 14.5. The molecule has 0 bridgehead atoms. The summed E-state index contributed by atoms with van der Waals surface area (Å²) in [6.07, 6.45) is 3.28. The maximum absolute atomic E-state index is 12.3. The summed E-state index contributed by atoms with van der Waals surface area (Å²) >= 11 is 0. The summed E-state index contributed by atoms with van der Waals surface area (Å²) in [5.74, 6) is 0.444. The van der Waals surface area contributed by atoms with Gasteiger partial charge < -0.3 is 9.64 Å². The lowest BCUT2D eigenvalue weighted by molar-refractivity contribution is -0.140. The molecule has 0 spiro atoms. The van der Waals surface area contributed by atoms with Crippen molar-refractivity contribution < 1.29 is 9.53 Å². The number of hydrogen-bond acceptors (Lipinski definition) is 2. The molecule has 1 unspecified atom stereocenters. The maximum Gasteiger partial charge on any atom is 0.225 e. The van der Waals surface area contributed by atoms with Crippen molar-refractivity contribution in [1.29, 1.82) is 0 Å². The third-order valence-corrected chi connectivity index (χ3v) is 4.25. The lowest BCUT2D eigenvalue weighted by atomic mass is 9.77. The topological polar surface area (TPSA) is 29.5 Å². The molecule has 0 aromatic carbocycles. The van der Waals surface area contributed by atoms with Gasteiger partial charge in [0.15, 0.2) is 0 Å². The van der Waals surface area contributed by atoms with Gasteiger partial charge in [0.2, 0.25) is 5.91 Å². The molecule has 1 aliphatic heterocycles. The minimum absolute atomic E-state index is 0.137. The van der Waals surface area contributed by atoms with Gasteiger partial charge in [-0.25, -0.2) is 0 Å². The van der Waals surface area contributed by atoms with Gasteiger partial charge in [0, 0.05) is 19.0 Å². The van der Waals surface area contributed by atoms with Gasteiger partial charge in [-0.1, -0.05) is 40.5 Å². The molecule has 1 fully saturated rings. The van der Waals surface area contributed by atoms with Crippen LogP contribution in [0.1, 0.15) is 47.0 Å². The molecule has 17 heavy (non-hydrogen) atoms. The molecule has 1 aliphatic rings. The van der Waals surface area contributed by atoms with E-state index in [0.717, 1.165) is 32.4 Å². The zero-order valence-corrected chi connectivity index (χ0v) is 11.8. The molecule has 1 saturated heterocycles. The Morgan fingerprint density at radius 1 is 1.29 bits per heavy atom. The van der Waals surface area contributed by atoms with Crippen LogP contribution in [0.2, 0.25) is 0 Å². The molecular formula is C14H27NO2. The van der Waals surface area contributed by atoms with E-state index in [2.05, 4.69) is 27.7 Å². The highest BCUT2D eigenvalue weighted by Gasteiger charge is 2.29. The SMILES string of the molecule is CCC(C)(CC)CC(C)C(=O)N1CCOCC1. The molecule has 0 aromatic rings. The monoisotopic (exact) mass is 241 g/mol. The smallest absolute Gasteiger partial charge is 0.225 e. The largest absolute Gasteiger partial charge is 0.378 e. The van der Waals surface area contributed by atoms with E-state index >= 15 is 0 Å². The Kier molecular flexibility index (Phi) is 5.44. The van der Waals surface area contributed by atoms with E-state index in [1.165, 1.54) is 0 Å². The van der Waals surface area contributed by atoms with Crippen molar-refractivity contribution in [3.63, 3.8) is 0 Å². The molecule has 0 aromatic heterocycles. The Balaban J connectivity index is 2.50. The molecule has 0 N–H and O–H groups in total. The van der Waals surface area contributed by atoms with Gasteiger partial charge in [0.25, 0.3) is 0 Å². The Morgan fingerprint density at radius 2 is 1.82 bits per heavy atom. The van der Waals surface area contributed by atoms with Gasteiger partial charge in [-0.15, -0.1) is 0 Å². The highest BCUT2D eigenvalue weighted by atomic mass is 16.5. The number of nitrogens with zero attached hydrogens (tertiary/aromatic N) is 1. The van der Waals surface area contributed by atoms with E-state index in [0.29, 0.717) is 24.5 Å². The molecule has 1 amide bonds. The van der Waals surface area contributed by atoms with Crippen LogP contribution in [0, 0.1) is 11.3 Å². The van der Waals surface area contributed by atoms with Crippen molar-refractivity contribution in [1.82, 2.24) is 4.90 Å². The first-order valence-corrected chi connectivity index (χ1v) is 6.89. The van der Waals surface area contributed by atoms with Crippen molar-refractivity contribution in [3.8, 4) is 0 Å².